The Bertz CT molecular complexity index is 281. The van der Waals surface area contributed by atoms with Crippen molar-refractivity contribution in [3.05, 3.63) is 10.1 Å². The molecule has 0 aromatic heterocycles. The highest BCUT2D eigenvalue weighted by molar-refractivity contribution is 6.07. The van der Waals surface area contributed by atoms with E-state index in [1.54, 1.807) is 0 Å². The highest BCUT2D eigenvalue weighted by Crippen LogP contribution is 2.10. The summed E-state index contributed by atoms with van der Waals surface area (Å²) < 4.78 is 0. The Balaban J connectivity index is 4.69. The van der Waals surface area contributed by atoms with Crippen molar-refractivity contribution in [3.8, 4) is 0 Å². The van der Waals surface area contributed by atoms with Gasteiger partial charge in [-0.2, -0.15) is 0 Å². The van der Waals surface area contributed by atoms with Crippen LogP contribution in [0.2, 0.25) is 0 Å². The Hall–Kier alpha value is -1.74. The number of carboxylic acid groups (broad SMARTS) is 1. The van der Waals surface area contributed by atoms with Gasteiger partial charge in [0.25, 0.3) is 0 Å². The first-order valence-electron chi connectivity index (χ1n) is 4.07. The summed E-state index contributed by atoms with van der Waals surface area (Å²) in [6.07, 6.45) is 0.114. The molecule has 0 rings (SSSR count). The van der Waals surface area contributed by atoms with Gasteiger partial charge in [-0.05, 0) is 19.4 Å². The molecule has 1 atom stereocenters. The summed E-state index contributed by atoms with van der Waals surface area (Å²) in [7, 11) is 0. The van der Waals surface area contributed by atoms with Gasteiger partial charge in [-0.1, -0.05) is 5.43 Å². The monoisotopic (exact) mass is 219 g/mol. The maximum atomic E-state index is 10.8. The molecule has 9 nitrogen and oxygen atoms in total. The fourth-order valence-electron chi connectivity index (χ4n) is 0.911. The lowest BCUT2D eigenvalue weighted by molar-refractivity contribution is -0.526. The predicted octanol–water partition coefficient (Wildman–Crippen LogP) is -1.73. The van der Waals surface area contributed by atoms with Gasteiger partial charge >= 0.3 is 5.97 Å². The van der Waals surface area contributed by atoms with Gasteiger partial charge in [-0.15, -0.1) is 0 Å². The summed E-state index contributed by atoms with van der Waals surface area (Å²) in [4.78, 5) is 20.8. The molecule has 0 aromatic rings. The molecular weight excluding hydrogens is 206 g/mol. The number of amidine groups is 1. The zero-order chi connectivity index (χ0) is 12.1. The molecule has 9 heteroatoms. The van der Waals surface area contributed by atoms with Crippen LogP contribution in [0.3, 0.4) is 0 Å². The second-order valence-corrected chi connectivity index (χ2v) is 2.91. The first-order chi connectivity index (χ1) is 6.84. The molecule has 0 aliphatic rings. The summed E-state index contributed by atoms with van der Waals surface area (Å²) in [5.74, 6) is -2.37. The molecule has 0 aromatic carbocycles. The van der Waals surface area contributed by atoms with Crippen LogP contribution >= 0.6 is 0 Å². The third kappa shape index (κ3) is 3.48. The number of rotatable bonds is 6. The first kappa shape index (κ1) is 13.3. The first-order valence-corrected chi connectivity index (χ1v) is 4.07. The van der Waals surface area contributed by atoms with E-state index in [4.69, 9.17) is 22.0 Å². The predicted molar refractivity (Wildman–Crippen MR) is 50.7 cm³/mol. The number of aliphatic carboxylic acids is 1. The van der Waals surface area contributed by atoms with Gasteiger partial charge in [0.1, 0.15) is 0 Å². The van der Waals surface area contributed by atoms with Gasteiger partial charge in [0, 0.05) is 0 Å². The Morgan fingerprint density at radius 3 is 2.53 bits per heavy atom. The zero-order valence-electron chi connectivity index (χ0n) is 7.90. The fraction of sp³-hybridized carbons (Fsp3) is 0.667. The number of nitrogens with two attached hydrogens (primary N) is 2. The molecule has 0 fully saturated rings. The van der Waals surface area contributed by atoms with Gasteiger partial charge in [0.05, 0.1) is 0 Å². The summed E-state index contributed by atoms with van der Waals surface area (Å²) in [5.41, 5.74) is 9.88. The van der Waals surface area contributed by atoms with Crippen molar-refractivity contribution in [1.82, 2.24) is 5.43 Å². The quantitative estimate of drug-likeness (QED) is 0.153. The third-order valence-electron chi connectivity index (χ3n) is 1.81. The normalized spacial score (nSPS) is 14.0. The minimum Gasteiger partial charge on any atom is -0.480 e. The van der Waals surface area contributed by atoms with Gasteiger partial charge in [-0.25, -0.2) is 14.9 Å². The van der Waals surface area contributed by atoms with E-state index >= 15 is 0 Å². The van der Waals surface area contributed by atoms with E-state index in [1.165, 1.54) is 5.43 Å². The molecule has 0 aliphatic carbocycles. The van der Waals surface area contributed by atoms with Crippen LogP contribution in [0.15, 0.2) is 0 Å². The number of hydrogen-bond acceptors (Lipinski definition) is 6. The number of nitro groups is 1. The molecule has 0 bridgehead atoms. The molecule has 15 heavy (non-hydrogen) atoms. The highest BCUT2D eigenvalue weighted by Gasteiger charge is 2.40. The molecule has 1 unspecified atom stereocenters. The van der Waals surface area contributed by atoms with Crippen LogP contribution < -0.4 is 16.9 Å². The van der Waals surface area contributed by atoms with Crippen LogP contribution in [0, 0.1) is 15.5 Å². The van der Waals surface area contributed by atoms with E-state index in [1.807, 2.05) is 0 Å². The largest absolute Gasteiger partial charge is 0.480 e. The smallest absolute Gasteiger partial charge is 0.331 e. The van der Waals surface area contributed by atoms with Gasteiger partial charge in [0.2, 0.25) is 0 Å². The maximum absolute atomic E-state index is 10.8. The molecule has 0 saturated carbocycles. The Morgan fingerprint density at radius 2 is 2.20 bits per heavy atom. The maximum Gasteiger partial charge on any atom is 0.331 e. The number of hydrogen-bond donors (Lipinski definition) is 5. The van der Waals surface area contributed by atoms with E-state index in [0.29, 0.717) is 0 Å². The number of hydrazine groups is 1. The number of nitrogens with zero attached hydrogens (tertiary/aromatic N) is 1. The van der Waals surface area contributed by atoms with Crippen LogP contribution in [-0.4, -0.2) is 34.0 Å². The van der Waals surface area contributed by atoms with Crippen LogP contribution in [0.1, 0.15) is 12.8 Å². The summed E-state index contributed by atoms with van der Waals surface area (Å²) >= 11 is 0. The van der Waals surface area contributed by atoms with Crippen molar-refractivity contribution in [1.29, 1.82) is 5.41 Å². The third-order valence-corrected chi connectivity index (χ3v) is 1.81. The van der Waals surface area contributed by atoms with E-state index in [2.05, 4.69) is 0 Å². The second-order valence-electron chi connectivity index (χ2n) is 2.91. The van der Waals surface area contributed by atoms with Crippen molar-refractivity contribution in [2.75, 3.05) is 6.54 Å². The fourth-order valence-corrected chi connectivity index (χ4v) is 0.911. The average molecular weight is 219 g/mol. The Morgan fingerprint density at radius 1 is 1.67 bits per heavy atom. The van der Waals surface area contributed by atoms with Gasteiger partial charge in [-0.3, -0.25) is 5.41 Å². The number of carbonyl (C=O) groups is 1. The molecule has 7 N–H and O–H groups in total. The zero-order valence-corrected chi connectivity index (χ0v) is 7.90. The van der Waals surface area contributed by atoms with Crippen molar-refractivity contribution in [2.45, 2.75) is 18.4 Å². The van der Waals surface area contributed by atoms with Crippen molar-refractivity contribution < 1.29 is 14.9 Å². The van der Waals surface area contributed by atoms with E-state index in [-0.39, 0.29) is 19.4 Å². The summed E-state index contributed by atoms with van der Waals surface area (Å²) in [6, 6.07) is 0. The average Bonchev–Trinajstić information content (AvgIpc) is 2.12. The highest BCUT2D eigenvalue weighted by atomic mass is 16.7. The van der Waals surface area contributed by atoms with E-state index < -0.39 is 22.4 Å². The molecule has 0 amide bonds. The second kappa shape index (κ2) is 5.22. The van der Waals surface area contributed by atoms with Crippen molar-refractivity contribution in [2.24, 2.45) is 11.5 Å². The molecular formula is C6H13N5O4. The van der Waals surface area contributed by atoms with Crippen LogP contribution in [0.4, 0.5) is 0 Å². The molecule has 86 valence electrons. The minimum atomic E-state index is -2.09. The standard InChI is InChI=1S/C6H13N5O4/c7-3-1-2-6(9,5(12)13)4(8)10-11(14)15/h1-3,7,9H2,(H2,8,10)(H,12,13). The van der Waals surface area contributed by atoms with Crippen LogP contribution in [0.5, 0.6) is 0 Å². The SMILES string of the molecule is N=C(N[N+](=O)[O-])C(N)(CCCN)C(=O)O. The van der Waals surface area contributed by atoms with E-state index in [9.17, 15) is 14.9 Å². The number of carboxylic acids is 1. The molecule has 0 spiro atoms. The van der Waals surface area contributed by atoms with Crippen LogP contribution in [0.25, 0.3) is 0 Å². The van der Waals surface area contributed by atoms with Crippen LogP contribution in [-0.2, 0) is 4.79 Å². The lowest BCUT2D eigenvalue weighted by Gasteiger charge is -2.22. The van der Waals surface area contributed by atoms with E-state index in [0.717, 1.165) is 0 Å². The van der Waals surface area contributed by atoms with Gasteiger partial charge < -0.3 is 16.6 Å². The minimum absolute atomic E-state index is 0.140. The number of nitrogens with one attached hydrogen (secondary N) is 2. The van der Waals surface area contributed by atoms with Crippen molar-refractivity contribution in [3.63, 3.8) is 0 Å². The van der Waals surface area contributed by atoms with Gasteiger partial charge in [0.15, 0.2) is 16.4 Å². The Labute approximate surface area is 85.1 Å². The van der Waals surface area contributed by atoms with Crippen molar-refractivity contribution >= 4 is 11.8 Å². The lowest BCUT2D eigenvalue weighted by Crippen LogP contribution is -2.60. The molecule has 0 saturated heterocycles. The summed E-state index contributed by atoms with van der Waals surface area (Å²) in [5, 5.41) is 25.0. The summed E-state index contributed by atoms with van der Waals surface area (Å²) in [6.45, 7) is 0.192. The molecule has 0 radical (unpaired) electrons. The Kier molecular flexibility index (Phi) is 4.61. The lowest BCUT2D eigenvalue weighted by atomic mass is 9.93. The molecule has 0 heterocycles. The molecule has 0 aliphatic heterocycles. The topological polar surface area (TPSA) is 168 Å².